The van der Waals surface area contributed by atoms with E-state index in [0.29, 0.717) is 6.54 Å². The molecule has 0 amide bonds. The highest BCUT2D eigenvalue weighted by Crippen LogP contribution is 2.24. The van der Waals surface area contributed by atoms with E-state index in [-0.39, 0.29) is 5.54 Å². The van der Waals surface area contributed by atoms with Crippen LogP contribution in [-0.2, 0) is 0 Å². The number of nitriles is 1. The largest absolute Gasteiger partial charge is 0.312 e. The molecule has 13 heavy (non-hydrogen) atoms. The minimum Gasteiger partial charge on any atom is -0.312 e. The summed E-state index contributed by atoms with van der Waals surface area (Å²) in [5, 5.41) is 8.93. The van der Waals surface area contributed by atoms with Gasteiger partial charge in [-0.3, -0.25) is 4.90 Å². The summed E-state index contributed by atoms with van der Waals surface area (Å²) >= 11 is 0. The zero-order valence-corrected chi connectivity index (χ0v) is 8.80. The van der Waals surface area contributed by atoms with Gasteiger partial charge in [-0.15, -0.1) is 0 Å². The maximum absolute atomic E-state index is 8.93. The van der Waals surface area contributed by atoms with E-state index in [1.807, 2.05) is 0 Å². The quantitative estimate of drug-likeness (QED) is 0.609. The van der Waals surface area contributed by atoms with Crippen LogP contribution in [0, 0.1) is 11.3 Å². The molecule has 3 heteroatoms. The highest BCUT2D eigenvalue weighted by molar-refractivity contribution is 5.09. The first-order chi connectivity index (χ1) is 5.87. The number of hydrogen-bond donors (Lipinski definition) is 1. The fourth-order valence-corrected chi connectivity index (χ4v) is 1.75. The summed E-state index contributed by atoms with van der Waals surface area (Å²) in [7, 11) is 0. The molecule has 1 aliphatic heterocycles. The molecular formula is C10H19N3. The van der Waals surface area contributed by atoms with Crippen LogP contribution in [0.3, 0.4) is 0 Å². The van der Waals surface area contributed by atoms with Crippen LogP contribution in [0.1, 0.15) is 33.6 Å². The van der Waals surface area contributed by atoms with Crippen LogP contribution in [0.15, 0.2) is 0 Å². The molecule has 0 spiro atoms. The Labute approximate surface area is 80.5 Å². The first kappa shape index (κ1) is 10.5. The van der Waals surface area contributed by atoms with Crippen molar-refractivity contribution in [2.45, 2.75) is 44.7 Å². The molecule has 0 bridgehead atoms. The maximum atomic E-state index is 8.93. The highest BCUT2D eigenvalue weighted by Gasteiger charge is 2.35. The van der Waals surface area contributed by atoms with E-state index in [0.717, 1.165) is 19.4 Å². The molecule has 1 unspecified atom stereocenters. The van der Waals surface area contributed by atoms with Gasteiger partial charge in [0.1, 0.15) is 5.54 Å². The van der Waals surface area contributed by atoms with Gasteiger partial charge in [-0.25, -0.2) is 0 Å². The van der Waals surface area contributed by atoms with Crippen LogP contribution in [0.25, 0.3) is 0 Å². The number of nitrogens with zero attached hydrogens (tertiary/aromatic N) is 2. The number of hydrogen-bond acceptors (Lipinski definition) is 3. The van der Waals surface area contributed by atoms with Gasteiger partial charge in [0.15, 0.2) is 0 Å². The lowest BCUT2D eigenvalue weighted by Crippen LogP contribution is -2.58. The Morgan fingerprint density at radius 3 is 2.54 bits per heavy atom. The third-order valence-electron chi connectivity index (χ3n) is 2.70. The van der Waals surface area contributed by atoms with E-state index < -0.39 is 5.54 Å². The standard InChI is InChI=1S/C10H19N3/c1-9(2,3)13-6-4-5-10(12,7-11)8-13/h4-6,8,12H2,1-3H3. The van der Waals surface area contributed by atoms with Gasteiger partial charge >= 0.3 is 0 Å². The molecule has 1 aliphatic rings. The number of likely N-dealkylation sites (tertiary alicyclic amines) is 1. The first-order valence-corrected chi connectivity index (χ1v) is 4.83. The van der Waals surface area contributed by atoms with Crippen LogP contribution in [0.5, 0.6) is 0 Å². The van der Waals surface area contributed by atoms with Gasteiger partial charge in [0.2, 0.25) is 0 Å². The summed E-state index contributed by atoms with van der Waals surface area (Å²) in [6.07, 6.45) is 1.86. The molecule has 0 saturated carbocycles. The van der Waals surface area contributed by atoms with Crippen molar-refractivity contribution in [3.63, 3.8) is 0 Å². The van der Waals surface area contributed by atoms with Crippen molar-refractivity contribution in [2.24, 2.45) is 5.73 Å². The topological polar surface area (TPSA) is 53.0 Å². The van der Waals surface area contributed by atoms with Gasteiger partial charge in [-0.1, -0.05) is 0 Å². The molecule has 1 atom stereocenters. The van der Waals surface area contributed by atoms with Crippen LogP contribution in [0.4, 0.5) is 0 Å². The van der Waals surface area contributed by atoms with Gasteiger partial charge in [-0.2, -0.15) is 5.26 Å². The van der Waals surface area contributed by atoms with E-state index in [2.05, 4.69) is 31.7 Å². The van der Waals surface area contributed by atoms with Gasteiger partial charge < -0.3 is 5.73 Å². The summed E-state index contributed by atoms with van der Waals surface area (Å²) in [6.45, 7) is 8.25. The van der Waals surface area contributed by atoms with Gasteiger partial charge in [-0.05, 0) is 40.2 Å². The molecule has 3 nitrogen and oxygen atoms in total. The molecular weight excluding hydrogens is 162 g/mol. The predicted octanol–water partition coefficient (Wildman–Crippen LogP) is 1.10. The van der Waals surface area contributed by atoms with E-state index >= 15 is 0 Å². The second-order valence-electron chi connectivity index (χ2n) is 4.96. The monoisotopic (exact) mass is 181 g/mol. The second-order valence-corrected chi connectivity index (χ2v) is 4.96. The van der Waals surface area contributed by atoms with Crippen molar-refractivity contribution in [1.82, 2.24) is 4.90 Å². The summed E-state index contributed by atoms with van der Waals surface area (Å²) in [5.74, 6) is 0. The summed E-state index contributed by atoms with van der Waals surface area (Å²) in [4.78, 5) is 2.29. The van der Waals surface area contributed by atoms with Gasteiger partial charge in [0.05, 0.1) is 6.07 Å². The number of piperidine rings is 1. The zero-order chi connectivity index (χ0) is 10.1. The molecule has 1 fully saturated rings. The van der Waals surface area contributed by atoms with Crippen LogP contribution >= 0.6 is 0 Å². The molecule has 0 radical (unpaired) electrons. The smallest absolute Gasteiger partial charge is 0.117 e. The van der Waals surface area contributed by atoms with Crippen molar-refractivity contribution in [2.75, 3.05) is 13.1 Å². The van der Waals surface area contributed by atoms with Crippen molar-refractivity contribution in [3.8, 4) is 6.07 Å². The zero-order valence-electron chi connectivity index (χ0n) is 8.80. The van der Waals surface area contributed by atoms with Crippen LogP contribution < -0.4 is 5.73 Å². The molecule has 0 aromatic rings. The van der Waals surface area contributed by atoms with E-state index in [1.54, 1.807) is 0 Å². The lowest BCUT2D eigenvalue weighted by molar-refractivity contribution is 0.0825. The van der Waals surface area contributed by atoms with Gasteiger partial charge in [0, 0.05) is 12.1 Å². The van der Waals surface area contributed by atoms with E-state index in [1.165, 1.54) is 0 Å². The minimum atomic E-state index is -0.620. The highest BCUT2D eigenvalue weighted by atomic mass is 15.2. The van der Waals surface area contributed by atoms with Crippen molar-refractivity contribution in [3.05, 3.63) is 0 Å². The van der Waals surface area contributed by atoms with Crippen molar-refractivity contribution >= 4 is 0 Å². The summed E-state index contributed by atoms with van der Waals surface area (Å²) in [6, 6.07) is 2.22. The summed E-state index contributed by atoms with van der Waals surface area (Å²) in [5.41, 5.74) is 5.45. The van der Waals surface area contributed by atoms with Crippen molar-refractivity contribution < 1.29 is 0 Å². The summed E-state index contributed by atoms with van der Waals surface area (Å²) < 4.78 is 0. The van der Waals surface area contributed by atoms with E-state index in [4.69, 9.17) is 11.0 Å². The SMILES string of the molecule is CC(C)(C)N1CCCC(N)(C#N)C1. The molecule has 0 aromatic heterocycles. The van der Waals surface area contributed by atoms with Crippen molar-refractivity contribution in [1.29, 1.82) is 5.26 Å². The number of nitrogens with two attached hydrogens (primary N) is 1. The molecule has 0 aliphatic carbocycles. The molecule has 0 aromatic carbocycles. The molecule has 74 valence electrons. The lowest BCUT2D eigenvalue weighted by Gasteiger charge is -2.43. The Bertz CT molecular complexity index is 223. The fraction of sp³-hybridized carbons (Fsp3) is 0.900. The van der Waals surface area contributed by atoms with Gasteiger partial charge in [0.25, 0.3) is 0 Å². The molecule has 1 rings (SSSR count). The average Bonchev–Trinajstić information content (AvgIpc) is 2.03. The van der Waals surface area contributed by atoms with Crippen LogP contribution in [0.2, 0.25) is 0 Å². The Morgan fingerprint density at radius 1 is 1.46 bits per heavy atom. The normalized spacial score (nSPS) is 31.3. The third kappa shape index (κ3) is 2.43. The molecule has 2 N–H and O–H groups in total. The molecule has 1 heterocycles. The average molecular weight is 181 g/mol. The Hall–Kier alpha value is -0.590. The van der Waals surface area contributed by atoms with E-state index in [9.17, 15) is 0 Å². The number of rotatable bonds is 0. The van der Waals surface area contributed by atoms with Crippen LogP contribution in [-0.4, -0.2) is 29.1 Å². The maximum Gasteiger partial charge on any atom is 0.117 e. The second kappa shape index (κ2) is 3.28. The third-order valence-corrected chi connectivity index (χ3v) is 2.70. The first-order valence-electron chi connectivity index (χ1n) is 4.83. The Balaban J connectivity index is 2.69. The minimum absolute atomic E-state index is 0.127. The fourth-order valence-electron chi connectivity index (χ4n) is 1.75. The Morgan fingerprint density at radius 2 is 2.08 bits per heavy atom. The lowest BCUT2D eigenvalue weighted by atomic mass is 9.89. The Kier molecular flexibility index (Phi) is 2.65. The predicted molar refractivity (Wildman–Crippen MR) is 53.1 cm³/mol. The molecule has 1 saturated heterocycles.